The van der Waals surface area contributed by atoms with E-state index in [1.54, 1.807) is 6.07 Å². The maximum Gasteiger partial charge on any atom is 0.185 e. The van der Waals surface area contributed by atoms with E-state index < -0.39 is 0 Å². The van der Waals surface area contributed by atoms with Gasteiger partial charge in [0, 0.05) is 6.07 Å². The van der Waals surface area contributed by atoms with Gasteiger partial charge in [-0.2, -0.15) is 0 Å². The summed E-state index contributed by atoms with van der Waals surface area (Å²) in [6.45, 7) is 0. The first kappa shape index (κ1) is 9.15. The van der Waals surface area contributed by atoms with Crippen LogP contribution >= 0.6 is 11.6 Å². The molecule has 0 fully saturated rings. The zero-order valence-corrected chi connectivity index (χ0v) is 7.83. The van der Waals surface area contributed by atoms with Crippen molar-refractivity contribution < 1.29 is 8.91 Å². The fraction of sp³-hybridized carbons (Fsp3) is 0.111. The van der Waals surface area contributed by atoms with Crippen molar-refractivity contribution in [3.63, 3.8) is 0 Å². The van der Waals surface area contributed by atoms with Crippen molar-refractivity contribution in [1.82, 2.24) is 10.1 Å². The number of pyridine rings is 1. The lowest BCUT2D eigenvalue weighted by atomic mass is 10.3. The average Bonchev–Trinajstić information content (AvgIpc) is 2.67. The minimum Gasteiger partial charge on any atom is -0.354 e. The molecule has 14 heavy (non-hydrogen) atoms. The van der Waals surface area contributed by atoms with Crippen molar-refractivity contribution in [2.45, 2.75) is 5.88 Å². The van der Waals surface area contributed by atoms with E-state index in [1.807, 2.05) is 0 Å². The van der Waals surface area contributed by atoms with Crippen LogP contribution in [0.5, 0.6) is 0 Å². The lowest BCUT2D eigenvalue weighted by Gasteiger charge is -1.92. The largest absolute Gasteiger partial charge is 0.354 e. The van der Waals surface area contributed by atoms with Gasteiger partial charge in [0.2, 0.25) is 0 Å². The van der Waals surface area contributed by atoms with E-state index in [4.69, 9.17) is 16.1 Å². The first-order valence-electron chi connectivity index (χ1n) is 3.93. The van der Waals surface area contributed by atoms with Crippen molar-refractivity contribution >= 4 is 11.6 Å². The molecule has 0 aliphatic rings. The van der Waals surface area contributed by atoms with Crippen molar-refractivity contribution in [2.75, 3.05) is 0 Å². The number of hydrogen-bond acceptors (Lipinski definition) is 3. The molecule has 2 heterocycles. The highest BCUT2D eigenvalue weighted by atomic mass is 35.5. The third kappa shape index (κ3) is 1.75. The molecule has 0 radical (unpaired) electrons. The Kier molecular flexibility index (Phi) is 2.45. The molecular weight excluding hydrogens is 207 g/mol. The molecule has 0 aliphatic heterocycles. The van der Waals surface area contributed by atoms with Crippen molar-refractivity contribution in [1.29, 1.82) is 0 Å². The zero-order chi connectivity index (χ0) is 9.97. The Morgan fingerprint density at radius 3 is 2.86 bits per heavy atom. The van der Waals surface area contributed by atoms with Crippen LogP contribution in [0.1, 0.15) is 5.69 Å². The van der Waals surface area contributed by atoms with Crippen LogP contribution in [-0.2, 0) is 5.88 Å². The Hall–Kier alpha value is -1.42. The van der Waals surface area contributed by atoms with Gasteiger partial charge in [0.25, 0.3) is 0 Å². The van der Waals surface area contributed by atoms with Gasteiger partial charge >= 0.3 is 0 Å². The van der Waals surface area contributed by atoms with Crippen LogP contribution in [0.2, 0.25) is 0 Å². The van der Waals surface area contributed by atoms with Gasteiger partial charge in [-0.15, -0.1) is 11.6 Å². The second-order valence-electron chi connectivity index (χ2n) is 2.68. The normalized spacial score (nSPS) is 10.4. The summed E-state index contributed by atoms with van der Waals surface area (Å²) in [5.74, 6) is 0.386. The molecule has 2 aromatic heterocycles. The molecule has 0 saturated heterocycles. The molecule has 0 unspecified atom stereocenters. The van der Waals surface area contributed by atoms with Gasteiger partial charge in [-0.1, -0.05) is 5.16 Å². The lowest BCUT2D eigenvalue weighted by molar-refractivity contribution is 0.425. The SMILES string of the molecule is Fc1ccc(-c2cc(CCl)no2)nc1. The predicted octanol–water partition coefficient (Wildman–Crippen LogP) is 2.61. The highest BCUT2D eigenvalue weighted by molar-refractivity contribution is 6.16. The minimum absolute atomic E-state index is 0.282. The minimum atomic E-state index is -0.383. The van der Waals surface area contributed by atoms with Crippen LogP contribution < -0.4 is 0 Å². The number of halogens is 2. The summed E-state index contributed by atoms with van der Waals surface area (Å²) in [5, 5.41) is 3.69. The second-order valence-corrected chi connectivity index (χ2v) is 2.95. The molecule has 0 amide bonds. The first-order chi connectivity index (χ1) is 6.79. The van der Waals surface area contributed by atoms with Gasteiger partial charge in [-0.05, 0) is 12.1 Å². The van der Waals surface area contributed by atoms with Crippen molar-refractivity contribution in [3.8, 4) is 11.5 Å². The van der Waals surface area contributed by atoms with Crippen LogP contribution in [-0.4, -0.2) is 10.1 Å². The summed E-state index contributed by atoms with van der Waals surface area (Å²) in [6.07, 6.45) is 1.12. The highest BCUT2D eigenvalue weighted by Gasteiger charge is 2.06. The summed E-state index contributed by atoms with van der Waals surface area (Å²) < 4.78 is 17.5. The van der Waals surface area contributed by atoms with Crippen LogP contribution in [0, 0.1) is 5.82 Å². The molecule has 2 aromatic rings. The first-order valence-corrected chi connectivity index (χ1v) is 4.46. The number of hydrogen-bond donors (Lipinski definition) is 0. The Bertz CT molecular complexity index is 427. The molecule has 0 aliphatic carbocycles. The molecule has 0 saturated carbocycles. The smallest absolute Gasteiger partial charge is 0.185 e. The van der Waals surface area contributed by atoms with E-state index in [0.29, 0.717) is 17.1 Å². The Morgan fingerprint density at radius 1 is 1.43 bits per heavy atom. The van der Waals surface area contributed by atoms with Gasteiger partial charge in [-0.3, -0.25) is 0 Å². The maximum absolute atomic E-state index is 12.5. The number of nitrogens with zero attached hydrogens (tertiary/aromatic N) is 2. The molecule has 0 N–H and O–H groups in total. The van der Waals surface area contributed by atoms with Gasteiger partial charge < -0.3 is 4.52 Å². The molecular formula is C9H6ClFN2O. The highest BCUT2D eigenvalue weighted by Crippen LogP contribution is 2.18. The van der Waals surface area contributed by atoms with E-state index in [1.165, 1.54) is 12.1 Å². The molecule has 0 atom stereocenters. The summed E-state index contributed by atoms with van der Waals surface area (Å²) in [7, 11) is 0. The number of rotatable bonds is 2. The molecule has 5 heteroatoms. The van der Waals surface area contributed by atoms with E-state index in [0.717, 1.165) is 6.20 Å². The second kappa shape index (κ2) is 3.75. The summed E-state index contributed by atoms with van der Waals surface area (Å²) >= 11 is 5.55. The van der Waals surface area contributed by atoms with Gasteiger partial charge in [0.1, 0.15) is 11.5 Å². The van der Waals surface area contributed by atoms with E-state index in [2.05, 4.69) is 10.1 Å². The molecule has 0 bridgehead atoms. The van der Waals surface area contributed by atoms with Crippen LogP contribution in [0.3, 0.4) is 0 Å². The Labute approximate surface area is 84.5 Å². The fourth-order valence-electron chi connectivity index (χ4n) is 1.02. The topological polar surface area (TPSA) is 38.9 Å². The van der Waals surface area contributed by atoms with Crippen molar-refractivity contribution in [3.05, 3.63) is 35.9 Å². The summed E-state index contributed by atoms with van der Waals surface area (Å²) in [4.78, 5) is 3.84. The maximum atomic E-state index is 12.5. The Balaban J connectivity index is 2.34. The van der Waals surface area contributed by atoms with Crippen LogP contribution in [0.15, 0.2) is 28.9 Å². The average molecular weight is 213 g/mol. The van der Waals surface area contributed by atoms with E-state index >= 15 is 0 Å². The molecule has 0 spiro atoms. The predicted molar refractivity (Wildman–Crippen MR) is 49.2 cm³/mol. The van der Waals surface area contributed by atoms with E-state index in [9.17, 15) is 4.39 Å². The van der Waals surface area contributed by atoms with Gasteiger partial charge in [0.05, 0.1) is 17.8 Å². The molecule has 2 rings (SSSR count). The zero-order valence-electron chi connectivity index (χ0n) is 7.08. The molecule has 72 valence electrons. The third-order valence-corrected chi connectivity index (χ3v) is 1.95. The third-order valence-electron chi connectivity index (χ3n) is 1.68. The lowest BCUT2D eigenvalue weighted by Crippen LogP contribution is -1.81. The standard InChI is InChI=1S/C9H6ClFN2O/c10-4-7-3-9(14-13-7)8-2-1-6(11)5-12-8/h1-3,5H,4H2. The van der Waals surface area contributed by atoms with E-state index in [-0.39, 0.29) is 11.7 Å². The molecule has 0 aromatic carbocycles. The van der Waals surface area contributed by atoms with Crippen LogP contribution in [0.4, 0.5) is 4.39 Å². The van der Waals surface area contributed by atoms with Gasteiger partial charge in [0.15, 0.2) is 5.76 Å². The summed E-state index contributed by atoms with van der Waals surface area (Å²) in [5.41, 5.74) is 1.17. The molecule has 3 nitrogen and oxygen atoms in total. The number of aromatic nitrogens is 2. The Morgan fingerprint density at radius 2 is 2.29 bits per heavy atom. The van der Waals surface area contributed by atoms with Crippen molar-refractivity contribution in [2.24, 2.45) is 0 Å². The summed E-state index contributed by atoms with van der Waals surface area (Å²) in [6, 6.07) is 4.51. The van der Waals surface area contributed by atoms with Crippen LogP contribution in [0.25, 0.3) is 11.5 Å². The number of alkyl halides is 1. The quantitative estimate of drug-likeness (QED) is 0.719. The monoisotopic (exact) mass is 212 g/mol. The van der Waals surface area contributed by atoms with Gasteiger partial charge in [-0.25, -0.2) is 9.37 Å². The fourth-order valence-corrected chi connectivity index (χ4v) is 1.14.